The largest absolute Gasteiger partial charge is 0.497 e. The van der Waals surface area contributed by atoms with Gasteiger partial charge in [-0.3, -0.25) is 43.6 Å². The van der Waals surface area contributed by atoms with Crippen LogP contribution in [0.15, 0.2) is 112 Å². The Hall–Kier alpha value is -7.32. The monoisotopic (exact) mass is 1160 g/mol. The number of methoxy groups -OCH3 is 3. The molecule has 3 aromatic heterocycles. The standard InChI is InChI=1S/C59H74FN10O12P/c1-34(2)53(73)65-57-64-52-49(54(74)66-57)62-33-69(52)55-48(60)43(45(82-55)32-80-59(38-16-13-12-14-17-38,39-18-22-41(77-9)23-19-39)40-20-24-42(78-10)25-21-40)30-47(72)68(35(3)4)31-44-50(70(28-15-27-61)83(76,36(5)6)37(7)8)51(79-11)56(81-44)67-29-26-46(71)63-58(67)75/h12-14,16-26,29,33-37,43-45,48,50-51,55-56H,15,28,30-32H2,1-11H3,(H,63,71,75)(H2,64,65,66,73,74)/t43-,44-,45-,48-,50-,51-,55-,56-/m1/s1. The smallest absolute Gasteiger partial charge is 0.330 e. The number of imidazole rings is 1. The number of amides is 2. The number of anilines is 1. The number of rotatable bonds is 24. The SMILES string of the molecule is COc1ccc(C(OC[C@H]2O[C@@H](n3cnc4c(=O)[nH]c(NC(=O)C(C)C)nc43)[C@H](F)[C@@H]2CC(=O)N(C[C@H]2O[C@@H](n3ccc(=O)[nH]c3=O)[C@H](OC)[C@@H]2N(CCC#N)P(=O)(C(C)C)C(C)C)C(C)C)(c2ccccc2)c2ccc(OC)cc2)cc1. The van der Waals surface area contributed by atoms with Crippen molar-refractivity contribution in [1.82, 2.24) is 38.6 Å². The van der Waals surface area contributed by atoms with Gasteiger partial charge in [0, 0.05) is 74.5 Å². The number of aromatic amines is 2. The van der Waals surface area contributed by atoms with Crippen molar-refractivity contribution in [3.63, 3.8) is 0 Å². The molecule has 5 heterocycles. The van der Waals surface area contributed by atoms with Crippen LogP contribution in [-0.4, -0.2) is 139 Å². The summed E-state index contributed by atoms with van der Waals surface area (Å²) in [4.78, 5) is 82.9. The van der Waals surface area contributed by atoms with E-state index >= 15 is 13.8 Å². The van der Waals surface area contributed by atoms with Crippen LogP contribution in [0.1, 0.15) is 97.4 Å². The Balaban J connectivity index is 1.23. The highest BCUT2D eigenvalue weighted by Crippen LogP contribution is 2.61. The number of halogens is 1. The van der Waals surface area contributed by atoms with Crippen molar-refractivity contribution < 1.29 is 47.0 Å². The third-order valence-electron chi connectivity index (χ3n) is 15.7. The molecule has 8 rings (SSSR count). The van der Waals surface area contributed by atoms with E-state index in [1.807, 2.05) is 82.3 Å². The maximum atomic E-state index is 18.3. The topological polar surface area (TPSA) is 267 Å². The summed E-state index contributed by atoms with van der Waals surface area (Å²) in [5, 5.41) is 12.6. The van der Waals surface area contributed by atoms with Crippen molar-refractivity contribution in [2.75, 3.05) is 46.3 Å². The number of carbonyl (C=O) groups is 2. The van der Waals surface area contributed by atoms with Crippen LogP contribution in [0.3, 0.4) is 0 Å². The summed E-state index contributed by atoms with van der Waals surface area (Å²) in [5.41, 5.74) is -2.61. The third kappa shape index (κ3) is 12.4. The lowest BCUT2D eigenvalue weighted by atomic mass is 9.80. The predicted molar refractivity (Wildman–Crippen MR) is 308 cm³/mol. The molecule has 6 aromatic rings. The molecule has 0 spiro atoms. The summed E-state index contributed by atoms with van der Waals surface area (Å²) in [7, 11) is 1.10. The quantitative estimate of drug-likeness (QED) is 0.0395. The summed E-state index contributed by atoms with van der Waals surface area (Å²) in [6, 6.07) is 26.0. The fraction of sp³-hybridized carbons (Fsp3) is 0.492. The summed E-state index contributed by atoms with van der Waals surface area (Å²) in [5.74, 6) is -1.74. The molecule has 3 aromatic carbocycles. The summed E-state index contributed by atoms with van der Waals surface area (Å²) in [6.07, 6.45) is -6.08. The fourth-order valence-corrected chi connectivity index (χ4v) is 14.9. The van der Waals surface area contributed by atoms with Crippen molar-refractivity contribution in [3.8, 4) is 17.6 Å². The number of hydrogen-bond donors (Lipinski definition) is 3. The molecular weight excluding hydrogens is 1090 g/mol. The van der Waals surface area contributed by atoms with E-state index in [0.717, 1.165) is 6.07 Å². The number of alkyl halides is 1. The van der Waals surface area contributed by atoms with Gasteiger partial charge in [-0.25, -0.2) is 18.8 Å². The number of H-pyrrole nitrogens is 2. The molecule has 0 aliphatic carbocycles. The lowest BCUT2D eigenvalue weighted by Crippen LogP contribution is -2.53. The highest BCUT2D eigenvalue weighted by molar-refractivity contribution is 7.62. The Morgan fingerprint density at radius 1 is 0.831 bits per heavy atom. The van der Waals surface area contributed by atoms with Crippen molar-refractivity contribution in [2.24, 2.45) is 11.8 Å². The van der Waals surface area contributed by atoms with E-state index in [0.29, 0.717) is 28.2 Å². The Kier molecular flexibility index (Phi) is 19.4. The molecule has 22 nitrogen and oxygen atoms in total. The number of benzene rings is 3. The van der Waals surface area contributed by atoms with Crippen molar-refractivity contribution in [1.29, 1.82) is 5.26 Å². The molecule has 3 N–H and O–H groups in total. The second-order valence-electron chi connectivity index (χ2n) is 21.9. The van der Waals surface area contributed by atoms with Gasteiger partial charge in [0.05, 0.1) is 51.5 Å². The van der Waals surface area contributed by atoms with E-state index in [1.165, 1.54) is 33.7 Å². The van der Waals surface area contributed by atoms with E-state index < -0.39 is 120 Å². The normalized spacial score (nSPS) is 21.1. The van der Waals surface area contributed by atoms with Crippen molar-refractivity contribution in [2.45, 2.75) is 134 Å². The molecule has 0 bridgehead atoms. The van der Waals surface area contributed by atoms with Gasteiger partial charge in [-0.2, -0.15) is 10.2 Å². The summed E-state index contributed by atoms with van der Waals surface area (Å²) in [6.45, 7) is 13.8. The first kappa shape index (κ1) is 61.7. The second kappa shape index (κ2) is 26.1. The van der Waals surface area contributed by atoms with Crippen LogP contribution >= 0.6 is 7.29 Å². The Morgan fingerprint density at radius 2 is 1.43 bits per heavy atom. The zero-order chi connectivity index (χ0) is 60.1. The van der Waals surface area contributed by atoms with Crippen molar-refractivity contribution >= 4 is 36.2 Å². The Labute approximate surface area is 480 Å². The average molecular weight is 1170 g/mol. The van der Waals surface area contributed by atoms with Gasteiger partial charge in [0.25, 0.3) is 11.1 Å². The molecule has 0 saturated carbocycles. The van der Waals surface area contributed by atoms with Gasteiger partial charge in [-0.05, 0) is 54.8 Å². The first-order chi connectivity index (χ1) is 39.6. The molecule has 2 amide bonds. The number of nitriles is 1. The van der Waals surface area contributed by atoms with E-state index in [1.54, 1.807) is 70.9 Å². The number of hydrogen-bond acceptors (Lipinski definition) is 15. The lowest BCUT2D eigenvalue weighted by Gasteiger charge is -2.44. The zero-order valence-electron chi connectivity index (χ0n) is 48.6. The maximum Gasteiger partial charge on any atom is 0.330 e. The number of fused-ring (bicyclic) bond motifs is 1. The van der Waals surface area contributed by atoms with Gasteiger partial charge < -0.3 is 37.9 Å². The molecular formula is C59H74FN10O12P. The summed E-state index contributed by atoms with van der Waals surface area (Å²) >= 11 is 0. The molecule has 2 aliphatic heterocycles. The molecule has 2 aliphatic rings. The lowest BCUT2D eigenvalue weighted by molar-refractivity contribution is -0.138. The van der Waals surface area contributed by atoms with Gasteiger partial charge in [0.1, 0.15) is 23.2 Å². The second-order valence-corrected chi connectivity index (χ2v) is 25.8. The minimum atomic E-state index is -3.45. The van der Waals surface area contributed by atoms with E-state index in [9.17, 15) is 24.4 Å². The molecule has 444 valence electrons. The number of ether oxygens (including phenoxy) is 6. The van der Waals surface area contributed by atoms with Gasteiger partial charge >= 0.3 is 5.69 Å². The van der Waals surface area contributed by atoms with Gasteiger partial charge in [-0.15, -0.1) is 0 Å². The predicted octanol–water partition coefficient (Wildman–Crippen LogP) is 7.36. The highest BCUT2D eigenvalue weighted by Gasteiger charge is 2.56. The molecule has 0 unspecified atom stereocenters. The van der Waals surface area contributed by atoms with Crippen LogP contribution in [0, 0.1) is 23.2 Å². The van der Waals surface area contributed by atoms with E-state index in [4.69, 9.17) is 28.4 Å². The van der Waals surface area contributed by atoms with Gasteiger partial charge in [0.2, 0.25) is 17.8 Å². The Morgan fingerprint density at radius 3 is 1.98 bits per heavy atom. The van der Waals surface area contributed by atoms with Crippen LogP contribution in [0.5, 0.6) is 11.5 Å². The van der Waals surface area contributed by atoms with Crippen LogP contribution in [-0.2, 0) is 38.7 Å². The number of nitrogens with zero attached hydrogens (tertiary/aromatic N) is 7. The maximum absolute atomic E-state index is 18.3. The zero-order valence-corrected chi connectivity index (χ0v) is 49.5. The molecule has 0 radical (unpaired) electrons. The molecule has 2 fully saturated rings. The first-order valence-electron chi connectivity index (χ1n) is 27.7. The average Bonchev–Trinajstić information content (AvgIpc) is 2.45. The van der Waals surface area contributed by atoms with E-state index in [-0.39, 0.29) is 43.2 Å². The Bertz CT molecular complexity index is 3430. The highest BCUT2D eigenvalue weighted by atomic mass is 31.2. The first-order valence-corrected chi connectivity index (χ1v) is 29.5. The molecule has 83 heavy (non-hydrogen) atoms. The van der Waals surface area contributed by atoms with Crippen LogP contribution < -0.4 is 31.6 Å². The van der Waals surface area contributed by atoms with Crippen LogP contribution in [0.4, 0.5) is 10.3 Å². The van der Waals surface area contributed by atoms with Gasteiger partial charge in [-0.1, -0.05) is 96.1 Å². The van der Waals surface area contributed by atoms with Crippen LogP contribution in [0.25, 0.3) is 11.2 Å². The summed E-state index contributed by atoms with van der Waals surface area (Å²) < 4.78 is 76.3. The van der Waals surface area contributed by atoms with Gasteiger partial charge in [0.15, 0.2) is 37.1 Å². The van der Waals surface area contributed by atoms with E-state index in [2.05, 4.69) is 31.3 Å². The molecule has 8 atom stereocenters. The fourth-order valence-electron chi connectivity index (χ4n) is 11.4. The number of carbonyl (C=O) groups excluding carboxylic acids is 2. The minimum Gasteiger partial charge on any atom is -0.497 e. The minimum absolute atomic E-state index is 0.0240. The number of nitrogens with one attached hydrogen (secondary N) is 3. The molecule has 2 saturated heterocycles. The van der Waals surface area contributed by atoms with Crippen molar-refractivity contribution in [3.05, 3.63) is 145 Å². The van der Waals surface area contributed by atoms with Crippen LogP contribution in [0.2, 0.25) is 0 Å². The molecule has 24 heteroatoms. The third-order valence-corrected chi connectivity index (χ3v) is 19.9. The number of aromatic nitrogens is 6.